The molecule has 1 amide bonds. The SMILES string of the molecule is O=C(N/N=C\c1cccc(OCc2ccc(F)cc2)c1)c1cccc(C(F)(F)F)c1. The van der Waals surface area contributed by atoms with Crippen molar-refractivity contribution in [2.75, 3.05) is 0 Å². The first-order chi connectivity index (χ1) is 14.3. The Morgan fingerprint density at radius 1 is 1.00 bits per heavy atom. The number of amides is 1. The molecule has 0 saturated heterocycles. The molecule has 154 valence electrons. The number of benzene rings is 3. The van der Waals surface area contributed by atoms with Crippen molar-refractivity contribution in [2.24, 2.45) is 5.10 Å². The summed E-state index contributed by atoms with van der Waals surface area (Å²) in [5.41, 5.74) is 2.53. The van der Waals surface area contributed by atoms with E-state index in [1.165, 1.54) is 24.4 Å². The van der Waals surface area contributed by atoms with Gasteiger partial charge in [-0.05, 0) is 53.6 Å². The molecule has 4 nitrogen and oxygen atoms in total. The lowest BCUT2D eigenvalue weighted by molar-refractivity contribution is -0.137. The summed E-state index contributed by atoms with van der Waals surface area (Å²) >= 11 is 0. The van der Waals surface area contributed by atoms with Crippen LogP contribution in [-0.4, -0.2) is 12.1 Å². The average Bonchev–Trinajstić information content (AvgIpc) is 2.73. The van der Waals surface area contributed by atoms with Crippen LogP contribution in [0.3, 0.4) is 0 Å². The fourth-order valence-electron chi connectivity index (χ4n) is 2.50. The molecule has 0 unspecified atom stereocenters. The molecule has 30 heavy (non-hydrogen) atoms. The predicted octanol–water partition coefficient (Wildman–Crippen LogP) is 5.19. The summed E-state index contributed by atoms with van der Waals surface area (Å²) in [7, 11) is 0. The minimum Gasteiger partial charge on any atom is -0.489 e. The van der Waals surface area contributed by atoms with Crippen LogP contribution in [-0.2, 0) is 12.8 Å². The van der Waals surface area contributed by atoms with Gasteiger partial charge < -0.3 is 4.74 Å². The Kier molecular flexibility index (Phi) is 6.46. The van der Waals surface area contributed by atoms with Gasteiger partial charge >= 0.3 is 6.18 Å². The molecule has 0 radical (unpaired) electrons. The van der Waals surface area contributed by atoms with Crippen LogP contribution in [0.2, 0.25) is 0 Å². The molecule has 3 aromatic carbocycles. The summed E-state index contributed by atoms with van der Waals surface area (Å²) < 4.78 is 56.8. The van der Waals surface area contributed by atoms with E-state index in [4.69, 9.17) is 4.74 Å². The molecule has 0 heterocycles. The number of nitrogens with one attached hydrogen (secondary N) is 1. The number of carbonyl (C=O) groups is 1. The highest BCUT2D eigenvalue weighted by molar-refractivity contribution is 5.95. The summed E-state index contributed by atoms with van der Waals surface area (Å²) in [4.78, 5) is 12.0. The van der Waals surface area contributed by atoms with E-state index >= 15 is 0 Å². The van der Waals surface area contributed by atoms with Crippen molar-refractivity contribution in [3.8, 4) is 5.75 Å². The van der Waals surface area contributed by atoms with Crippen molar-refractivity contribution in [1.29, 1.82) is 0 Å². The average molecular weight is 416 g/mol. The minimum absolute atomic E-state index is 0.154. The molecule has 0 aliphatic carbocycles. The van der Waals surface area contributed by atoms with Crippen LogP contribution >= 0.6 is 0 Å². The van der Waals surface area contributed by atoms with Crippen LogP contribution in [0.15, 0.2) is 77.9 Å². The molecule has 0 aliphatic rings. The fraction of sp³-hybridized carbons (Fsp3) is 0.0909. The zero-order chi connectivity index (χ0) is 21.6. The van der Waals surface area contributed by atoms with Gasteiger partial charge in [0.2, 0.25) is 0 Å². The number of hydrazone groups is 1. The van der Waals surface area contributed by atoms with Gasteiger partial charge in [-0.1, -0.05) is 30.3 Å². The minimum atomic E-state index is -4.53. The third-order valence-corrected chi connectivity index (χ3v) is 4.01. The van der Waals surface area contributed by atoms with E-state index in [0.29, 0.717) is 11.3 Å². The summed E-state index contributed by atoms with van der Waals surface area (Å²) in [5, 5.41) is 3.78. The van der Waals surface area contributed by atoms with Gasteiger partial charge in [-0.15, -0.1) is 0 Å². The van der Waals surface area contributed by atoms with Crippen molar-refractivity contribution < 1.29 is 27.1 Å². The molecule has 0 aromatic heterocycles. The van der Waals surface area contributed by atoms with E-state index in [1.54, 1.807) is 36.4 Å². The standard InChI is InChI=1S/C22H16F4N2O2/c23-19-9-7-15(8-10-19)14-30-20-6-1-3-16(11-20)13-27-28-21(29)17-4-2-5-18(12-17)22(24,25)26/h1-13H,14H2,(H,28,29)/b27-13-. The van der Waals surface area contributed by atoms with Gasteiger partial charge in [-0.2, -0.15) is 18.3 Å². The third kappa shape index (κ3) is 5.91. The second kappa shape index (κ2) is 9.21. The van der Waals surface area contributed by atoms with Crippen LogP contribution < -0.4 is 10.2 Å². The molecule has 1 N–H and O–H groups in total. The summed E-state index contributed by atoms with van der Waals surface area (Å²) in [6.45, 7) is 0.243. The summed E-state index contributed by atoms with van der Waals surface area (Å²) in [5.74, 6) is -0.558. The molecule has 0 spiro atoms. The lowest BCUT2D eigenvalue weighted by atomic mass is 10.1. The maximum absolute atomic E-state index is 12.9. The topological polar surface area (TPSA) is 50.7 Å². The Labute approximate surface area is 169 Å². The first kappa shape index (κ1) is 21.0. The quantitative estimate of drug-likeness (QED) is 0.342. The van der Waals surface area contributed by atoms with Gasteiger partial charge in [-0.25, -0.2) is 9.82 Å². The molecule has 3 rings (SSSR count). The number of alkyl halides is 3. The lowest BCUT2D eigenvalue weighted by Crippen LogP contribution is -2.18. The van der Waals surface area contributed by atoms with Crippen molar-refractivity contribution in [3.63, 3.8) is 0 Å². The van der Waals surface area contributed by atoms with Crippen molar-refractivity contribution in [1.82, 2.24) is 5.43 Å². The normalized spacial score (nSPS) is 11.5. The van der Waals surface area contributed by atoms with Gasteiger partial charge in [-0.3, -0.25) is 4.79 Å². The molecular formula is C22H16F4N2O2. The molecule has 8 heteroatoms. The number of halogens is 4. The first-order valence-electron chi connectivity index (χ1n) is 8.79. The van der Waals surface area contributed by atoms with Crippen LogP contribution in [0.1, 0.15) is 27.0 Å². The zero-order valence-electron chi connectivity index (χ0n) is 15.5. The number of rotatable bonds is 6. The Bertz CT molecular complexity index is 1050. The zero-order valence-corrected chi connectivity index (χ0v) is 15.5. The maximum atomic E-state index is 12.9. The van der Waals surface area contributed by atoms with Gasteiger partial charge in [0.05, 0.1) is 11.8 Å². The van der Waals surface area contributed by atoms with Crippen molar-refractivity contribution >= 4 is 12.1 Å². The van der Waals surface area contributed by atoms with E-state index in [-0.39, 0.29) is 18.0 Å². The molecule has 0 saturated carbocycles. The van der Waals surface area contributed by atoms with Crippen LogP contribution in [0.25, 0.3) is 0 Å². The number of carbonyl (C=O) groups excluding carboxylic acids is 1. The lowest BCUT2D eigenvalue weighted by Gasteiger charge is -2.08. The smallest absolute Gasteiger partial charge is 0.416 e. The van der Waals surface area contributed by atoms with Gasteiger partial charge in [0.15, 0.2) is 0 Å². The molecule has 3 aromatic rings. The second-order valence-corrected chi connectivity index (χ2v) is 6.27. The van der Waals surface area contributed by atoms with Crippen LogP contribution in [0, 0.1) is 5.82 Å². The number of hydrogen-bond donors (Lipinski definition) is 1. The largest absolute Gasteiger partial charge is 0.489 e. The summed E-state index contributed by atoms with van der Waals surface area (Å²) in [6.07, 6.45) is -3.19. The predicted molar refractivity (Wildman–Crippen MR) is 104 cm³/mol. The molecule has 0 aliphatic heterocycles. The third-order valence-electron chi connectivity index (χ3n) is 4.01. The van der Waals surface area contributed by atoms with Gasteiger partial charge in [0.25, 0.3) is 5.91 Å². The van der Waals surface area contributed by atoms with E-state index in [9.17, 15) is 22.4 Å². The van der Waals surface area contributed by atoms with E-state index < -0.39 is 17.6 Å². The number of nitrogens with zero attached hydrogens (tertiary/aromatic N) is 1. The first-order valence-corrected chi connectivity index (χ1v) is 8.79. The van der Waals surface area contributed by atoms with Crippen molar-refractivity contribution in [3.05, 3.63) is 101 Å². The van der Waals surface area contributed by atoms with E-state index in [2.05, 4.69) is 10.5 Å². The summed E-state index contributed by atoms with van der Waals surface area (Å²) in [6, 6.07) is 16.8. The van der Waals surface area contributed by atoms with E-state index in [1.807, 2.05) is 0 Å². The van der Waals surface area contributed by atoms with Crippen molar-refractivity contribution in [2.45, 2.75) is 12.8 Å². The highest BCUT2D eigenvalue weighted by Crippen LogP contribution is 2.29. The molecule has 0 bridgehead atoms. The number of hydrogen-bond acceptors (Lipinski definition) is 3. The maximum Gasteiger partial charge on any atom is 0.416 e. The Morgan fingerprint density at radius 2 is 1.73 bits per heavy atom. The highest BCUT2D eigenvalue weighted by atomic mass is 19.4. The highest BCUT2D eigenvalue weighted by Gasteiger charge is 2.30. The Hall–Kier alpha value is -3.68. The molecule has 0 fully saturated rings. The number of ether oxygens (including phenoxy) is 1. The van der Waals surface area contributed by atoms with E-state index in [0.717, 1.165) is 23.8 Å². The molecule has 0 atom stereocenters. The second-order valence-electron chi connectivity index (χ2n) is 6.27. The molecular weight excluding hydrogens is 400 g/mol. The van der Waals surface area contributed by atoms with Gasteiger partial charge in [0, 0.05) is 5.56 Å². The Balaban J connectivity index is 1.59. The van der Waals surface area contributed by atoms with Crippen LogP contribution in [0.5, 0.6) is 5.75 Å². The Morgan fingerprint density at radius 3 is 2.47 bits per heavy atom. The fourth-order valence-corrected chi connectivity index (χ4v) is 2.50. The van der Waals surface area contributed by atoms with Crippen LogP contribution in [0.4, 0.5) is 17.6 Å². The van der Waals surface area contributed by atoms with Gasteiger partial charge in [0.1, 0.15) is 18.2 Å². The monoisotopic (exact) mass is 416 g/mol.